The van der Waals surface area contributed by atoms with Gasteiger partial charge in [-0.1, -0.05) is 89.2 Å². The molecule has 1 aromatic rings. The zero-order valence-corrected chi connectivity index (χ0v) is 18.0. The van der Waals surface area contributed by atoms with Gasteiger partial charge >= 0.3 is 0 Å². The predicted molar refractivity (Wildman–Crippen MR) is 119 cm³/mol. The summed E-state index contributed by atoms with van der Waals surface area (Å²) in [7, 11) is 0. The van der Waals surface area contributed by atoms with Crippen LogP contribution in [0, 0.1) is 5.92 Å². The Morgan fingerprint density at radius 2 is 1.36 bits per heavy atom. The van der Waals surface area contributed by atoms with Gasteiger partial charge in [-0.2, -0.15) is 0 Å². The van der Waals surface area contributed by atoms with E-state index < -0.39 is 0 Å². The van der Waals surface area contributed by atoms with Crippen molar-refractivity contribution in [2.45, 2.75) is 103 Å². The Morgan fingerprint density at radius 3 is 2.04 bits per heavy atom. The second-order valence-electron chi connectivity index (χ2n) is 9.21. The largest absolute Gasteiger partial charge is 0.339 e. The summed E-state index contributed by atoms with van der Waals surface area (Å²) in [5.74, 6) is 1.28. The summed E-state index contributed by atoms with van der Waals surface area (Å²) >= 11 is 0. The Kier molecular flexibility index (Phi) is 9.40. The molecule has 1 aliphatic carbocycles. The minimum atomic E-state index is 0.215. The lowest BCUT2D eigenvalue weighted by molar-refractivity contribution is 0.0793. The molecule has 2 heteroatoms. The molecule has 2 aliphatic rings. The van der Waals surface area contributed by atoms with Crippen LogP contribution in [0.5, 0.6) is 0 Å². The Hall–Kier alpha value is -1.31. The van der Waals surface area contributed by atoms with Crippen LogP contribution in [0.3, 0.4) is 0 Å². The lowest BCUT2D eigenvalue weighted by atomic mass is 9.85. The number of nitrogens with zero attached hydrogens (tertiary/aromatic N) is 1. The van der Waals surface area contributed by atoms with E-state index in [1.807, 2.05) is 17.0 Å². The summed E-state index contributed by atoms with van der Waals surface area (Å²) in [6.07, 6.45) is 22.2. The standard InChI is InChI=1S/C26H41NO/c28-26(27-21-11-12-22-27)25-19-17-24(18-20-25)16-8-5-3-1-2-4-7-13-23-14-9-6-10-15-23/h17-20,23H,1-16,21-22H2. The highest BCUT2D eigenvalue weighted by atomic mass is 16.2. The fourth-order valence-electron chi connectivity index (χ4n) is 5.04. The van der Waals surface area contributed by atoms with Crippen LogP contribution in [0.15, 0.2) is 24.3 Å². The summed E-state index contributed by atoms with van der Waals surface area (Å²) < 4.78 is 0. The van der Waals surface area contributed by atoms with E-state index in [0.717, 1.165) is 43.8 Å². The van der Waals surface area contributed by atoms with Gasteiger partial charge in [-0.3, -0.25) is 4.79 Å². The molecule has 1 saturated carbocycles. The predicted octanol–water partition coefficient (Wildman–Crippen LogP) is 7.17. The zero-order chi connectivity index (χ0) is 19.4. The molecule has 1 amide bonds. The van der Waals surface area contributed by atoms with Gasteiger partial charge in [0, 0.05) is 18.7 Å². The van der Waals surface area contributed by atoms with E-state index >= 15 is 0 Å². The molecular formula is C26H41NO. The lowest BCUT2D eigenvalue weighted by Gasteiger charge is -2.21. The molecule has 0 bridgehead atoms. The lowest BCUT2D eigenvalue weighted by Crippen LogP contribution is -2.27. The first kappa shape index (κ1) is 21.4. The van der Waals surface area contributed by atoms with E-state index in [1.165, 1.54) is 89.0 Å². The molecule has 156 valence electrons. The monoisotopic (exact) mass is 383 g/mol. The number of hydrogen-bond donors (Lipinski definition) is 0. The quantitative estimate of drug-likeness (QED) is 0.371. The molecule has 3 rings (SSSR count). The minimum absolute atomic E-state index is 0.215. The third kappa shape index (κ3) is 7.26. The van der Waals surface area contributed by atoms with Crippen LogP contribution in [-0.2, 0) is 6.42 Å². The topological polar surface area (TPSA) is 20.3 Å². The van der Waals surface area contributed by atoms with Crippen LogP contribution in [0.25, 0.3) is 0 Å². The van der Waals surface area contributed by atoms with Crippen molar-refractivity contribution in [1.29, 1.82) is 0 Å². The summed E-state index contributed by atoms with van der Waals surface area (Å²) in [6.45, 7) is 1.86. The van der Waals surface area contributed by atoms with Gasteiger partial charge in [0.2, 0.25) is 0 Å². The number of likely N-dealkylation sites (tertiary alicyclic amines) is 1. The molecule has 1 saturated heterocycles. The second-order valence-corrected chi connectivity index (χ2v) is 9.21. The first-order valence-electron chi connectivity index (χ1n) is 12.2. The number of rotatable bonds is 11. The van der Waals surface area contributed by atoms with Crippen molar-refractivity contribution >= 4 is 5.91 Å². The molecule has 0 atom stereocenters. The molecule has 0 N–H and O–H groups in total. The SMILES string of the molecule is O=C(c1ccc(CCCCCCCCCC2CCCCC2)cc1)N1CCCC1. The number of aryl methyl sites for hydroxylation is 1. The summed E-state index contributed by atoms with van der Waals surface area (Å²) in [4.78, 5) is 14.4. The van der Waals surface area contributed by atoms with Crippen LogP contribution in [0.4, 0.5) is 0 Å². The smallest absolute Gasteiger partial charge is 0.253 e. The third-order valence-corrected chi connectivity index (χ3v) is 6.90. The zero-order valence-electron chi connectivity index (χ0n) is 18.0. The van der Waals surface area contributed by atoms with Crippen LogP contribution >= 0.6 is 0 Å². The van der Waals surface area contributed by atoms with Crippen molar-refractivity contribution < 1.29 is 4.79 Å². The van der Waals surface area contributed by atoms with E-state index in [9.17, 15) is 4.79 Å². The maximum Gasteiger partial charge on any atom is 0.253 e. The molecule has 2 fully saturated rings. The van der Waals surface area contributed by atoms with Gasteiger partial charge in [-0.25, -0.2) is 0 Å². The van der Waals surface area contributed by atoms with Gasteiger partial charge in [0.25, 0.3) is 5.91 Å². The van der Waals surface area contributed by atoms with Crippen molar-refractivity contribution in [3.8, 4) is 0 Å². The number of carbonyl (C=O) groups excluding carboxylic acids is 1. The molecule has 1 heterocycles. The van der Waals surface area contributed by atoms with Crippen LogP contribution in [0.2, 0.25) is 0 Å². The Balaban J connectivity index is 1.19. The van der Waals surface area contributed by atoms with Gasteiger partial charge in [-0.05, 0) is 49.3 Å². The molecule has 1 aliphatic heterocycles. The van der Waals surface area contributed by atoms with E-state index in [-0.39, 0.29) is 5.91 Å². The van der Waals surface area contributed by atoms with Gasteiger partial charge < -0.3 is 4.90 Å². The van der Waals surface area contributed by atoms with Crippen molar-refractivity contribution in [3.63, 3.8) is 0 Å². The highest BCUT2D eigenvalue weighted by Crippen LogP contribution is 2.28. The van der Waals surface area contributed by atoms with E-state index in [1.54, 1.807) is 0 Å². The van der Waals surface area contributed by atoms with Crippen molar-refractivity contribution in [2.75, 3.05) is 13.1 Å². The third-order valence-electron chi connectivity index (χ3n) is 6.90. The minimum Gasteiger partial charge on any atom is -0.339 e. The average molecular weight is 384 g/mol. The fraction of sp³-hybridized carbons (Fsp3) is 0.731. The first-order chi connectivity index (χ1) is 13.8. The maximum absolute atomic E-state index is 12.4. The fourth-order valence-corrected chi connectivity index (χ4v) is 5.04. The maximum atomic E-state index is 12.4. The van der Waals surface area contributed by atoms with E-state index in [0.29, 0.717) is 0 Å². The number of benzene rings is 1. The number of hydrogen-bond acceptors (Lipinski definition) is 1. The normalized spacial score (nSPS) is 17.9. The Labute approximate surface area is 173 Å². The number of unbranched alkanes of at least 4 members (excludes halogenated alkanes) is 6. The molecule has 2 nitrogen and oxygen atoms in total. The van der Waals surface area contributed by atoms with Gasteiger partial charge in [0.05, 0.1) is 0 Å². The average Bonchev–Trinajstić information content (AvgIpc) is 3.28. The van der Waals surface area contributed by atoms with E-state index in [2.05, 4.69) is 12.1 Å². The highest BCUT2D eigenvalue weighted by Gasteiger charge is 2.19. The van der Waals surface area contributed by atoms with Crippen LogP contribution in [0.1, 0.15) is 112 Å². The Bertz CT molecular complexity index is 552. The molecule has 28 heavy (non-hydrogen) atoms. The summed E-state index contributed by atoms with van der Waals surface area (Å²) in [6, 6.07) is 8.38. The van der Waals surface area contributed by atoms with Gasteiger partial charge in [0.1, 0.15) is 0 Å². The molecule has 0 spiro atoms. The van der Waals surface area contributed by atoms with Crippen LogP contribution in [-0.4, -0.2) is 23.9 Å². The van der Waals surface area contributed by atoms with Crippen molar-refractivity contribution in [3.05, 3.63) is 35.4 Å². The second kappa shape index (κ2) is 12.3. The molecule has 0 unspecified atom stereocenters. The molecular weight excluding hydrogens is 342 g/mol. The van der Waals surface area contributed by atoms with Crippen LogP contribution < -0.4 is 0 Å². The number of amides is 1. The molecule has 0 aromatic heterocycles. The summed E-state index contributed by atoms with van der Waals surface area (Å²) in [5.41, 5.74) is 2.24. The molecule has 1 aromatic carbocycles. The van der Waals surface area contributed by atoms with Crippen molar-refractivity contribution in [2.24, 2.45) is 5.92 Å². The van der Waals surface area contributed by atoms with Crippen molar-refractivity contribution in [1.82, 2.24) is 4.90 Å². The van der Waals surface area contributed by atoms with Gasteiger partial charge in [-0.15, -0.1) is 0 Å². The molecule has 0 radical (unpaired) electrons. The van der Waals surface area contributed by atoms with E-state index in [4.69, 9.17) is 0 Å². The summed E-state index contributed by atoms with van der Waals surface area (Å²) in [5, 5.41) is 0. The highest BCUT2D eigenvalue weighted by molar-refractivity contribution is 5.94. The first-order valence-corrected chi connectivity index (χ1v) is 12.2. The number of carbonyl (C=O) groups is 1. The Morgan fingerprint density at radius 1 is 0.750 bits per heavy atom. The van der Waals surface area contributed by atoms with Gasteiger partial charge in [0.15, 0.2) is 0 Å².